The van der Waals surface area contributed by atoms with Crippen molar-refractivity contribution < 1.29 is 13.2 Å². The molecule has 1 fully saturated rings. The Labute approximate surface area is 191 Å². The van der Waals surface area contributed by atoms with Crippen LogP contribution in [0.2, 0.25) is 0 Å². The van der Waals surface area contributed by atoms with Gasteiger partial charge in [0.2, 0.25) is 0 Å². The van der Waals surface area contributed by atoms with E-state index in [0.29, 0.717) is 24.9 Å². The molecule has 10 heteroatoms. The molecular formula is C22H20BrF3N6. The first-order valence-corrected chi connectivity index (χ1v) is 10.8. The third-order valence-corrected chi connectivity index (χ3v) is 6.37. The van der Waals surface area contributed by atoms with Crippen molar-refractivity contribution in [3.8, 4) is 6.07 Å². The van der Waals surface area contributed by atoms with E-state index >= 15 is 0 Å². The minimum atomic E-state index is -4.49. The second kappa shape index (κ2) is 8.54. The van der Waals surface area contributed by atoms with Gasteiger partial charge in [0.05, 0.1) is 23.9 Å². The number of anilines is 1. The number of halogens is 4. The largest absolute Gasteiger partial charge is 0.418 e. The van der Waals surface area contributed by atoms with E-state index in [4.69, 9.17) is 0 Å². The first-order chi connectivity index (χ1) is 15.2. The Morgan fingerprint density at radius 3 is 2.75 bits per heavy atom. The number of benzene rings is 1. The van der Waals surface area contributed by atoms with Gasteiger partial charge in [0, 0.05) is 41.2 Å². The summed E-state index contributed by atoms with van der Waals surface area (Å²) in [6.07, 6.45) is 0.546. The van der Waals surface area contributed by atoms with Crippen molar-refractivity contribution in [1.29, 1.82) is 5.26 Å². The summed E-state index contributed by atoms with van der Waals surface area (Å²) < 4.78 is 42.3. The average Bonchev–Trinajstić information content (AvgIpc) is 3.13. The molecule has 0 saturated heterocycles. The maximum atomic E-state index is 13.4. The van der Waals surface area contributed by atoms with Gasteiger partial charge >= 0.3 is 6.18 Å². The molecular weight excluding hydrogens is 485 g/mol. The third kappa shape index (κ3) is 4.48. The van der Waals surface area contributed by atoms with E-state index in [1.807, 2.05) is 35.9 Å². The van der Waals surface area contributed by atoms with Crippen molar-refractivity contribution in [3.63, 3.8) is 0 Å². The lowest BCUT2D eigenvalue weighted by Gasteiger charge is -2.45. The zero-order valence-corrected chi connectivity index (χ0v) is 18.8. The molecule has 0 aliphatic heterocycles. The molecule has 1 N–H and O–H groups in total. The van der Waals surface area contributed by atoms with Crippen LogP contribution in [0.25, 0.3) is 0 Å². The summed E-state index contributed by atoms with van der Waals surface area (Å²) in [5, 5.41) is 20.5. The fourth-order valence-electron chi connectivity index (χ4n) is 4.23. The molecule has 6 nitrogen and oxygen atoms in total. The summed E-state index contributed by atoms with van der Waals surface area (Å²) in [6.45, 7) is -0.0668. The van der Waals surface area contributed by atoms with E-state index in [2.05, 4.69) is 42.5 Å². The molecule has 1 aliphatic rings. The fraction of sp³-hybridized carbons (Fsp3) is 0.364. The van der Waals surface area contributed by atoms with Gasteiger partial charge in [-0.25, -0.2) is 0 Å². The van der Waals surface area contributed by atoms with Crippen LogP contribution in [-0.4, -0.2) is 19.7 Å². The van der Waals surface area contributed by atoms with Crippen molar-refractivity contribution in [3.05, 3.63) is 70.0 Å². The SMILES string of the molecule is Cn1cnnc1C[C@]1(c2cccc(NCc3ncc(Br)cc3C(F)(F)F)c2)C[C@H](C#N)C1. The molecule has 0 bridgehead atoms. The first-order valence-electron chi connectivity index (χ1n) is 9.99. The summed E-state index contributed by atoms with van der Waals surface area (Å²) in [5.74, 6) is 0.801. The van der Waals surface area contributed by atoms with Gasteiger partial charge in [0.15, 0.2) is 0 Å². The highest BCUT2D eigenvalue weighted by Crippen LogP contribution is 2.50. The molecule has 0 spiro atoms. The van der Waals surface area contributed by atoms with E-state index in [1.165, 1.54) is 6.20 Å². The molecule has 4 rings (SSSR count). The molecule has 32 heavy (non-hydrogen) atoms. The van der Waals surface area contributed by atoms with Crippen LogP contribution in [0.4, 0.5) is 18.9 Å². The van der Waals surface area contributed by atoms with Crippen molar-refractivity contribution >= 4 is 21.6 Å². The van der Waals surface area contributed by atoms with Crippen molar-refractivity contribution in [2.24, 2.45) is 13.0 Å². The predicted octanol–water partition coefficient (Wildman–Crippen LogP) is 5.02. The Balaban J connectivity index is 1.57. The number of aryl methyl sites for hydroxylation is 1. The smallest absolute Gasteiger partial charge is 0.379 e. The maximum absolute atomic E-state index is 13.4. The van der Waals surface area contributed by atoms with Crippen LogP contribution in [0.5, 0.6) is 0 Å². The zero-order chi connectivity index (χ0) is 22.9. The molecule has 3 aromatic rings. The summed E-state index contributed by atoms with van der Waals surface area (Å²) in [4.78, 5) is 3.96. The predicted molar refractivity (Wildman–Crippen MR) is 115 cm³/mol. The Morgan fingerprint density at radius 1 is 1.31 bits per heavy atom. The second-order valence-electron chi connectivity index (χ2n) is 8.13. The number of nitrogens with zero attached hydrogens (tertiary/aromatic N) is 5. The van der Waals surface area contributed by atoms with Gasteiger partial charge in [-0.1, -0.05) is 12.1 Å². The quantitative estimate of drug-likeness (QED) is 0.509. The highest BCUT2D eigenvalue weighted by molar-refractivity contribution is 9.10. The van der Waals surface area contributed by atoms with E-state index < -0.39 is 11.7 Å². The number of aromatic nitrogens is 4. The molecule has 0 unspecified atom stereocenters. The van der Waals surface area contributed by atoms with E-state index in [1.54, 1.807) is 6.33 Å². The van der Waals surface area contributed by atoms with Crippen LogP contribution in [0.15, 0.2) is 47.3 Å². The van der Waals surface area contributed by atoms with Gasteiger partial charge in [-0.15, -0.1) is 10.2 Å². The summed E-state index contributed by atoms with van der Waals surface area (Å²) in [6, 6.07) is 11.0. The molecule has 166 valence electrons. The second-order valence-corrected chi connectivity index (χ2v) is 9.05. The molecule has 1 aliphatic carbocycles. The molecule has 0 radical (unpaired) electrons. The maximum Gasteiger partial charge on any atom is 0.418 e. The molecule has 2 aromatic heterocycles. The number of nitrogens with one attached hydrogen (secondary N) is 1. The lowest BCUT2D eigenvalue weighted by Crippen LogP contribution is -2.43. The lowest BCUT2D eigenvalue weighted by molar-refractivity contribution is -0.138. The number of hydrogen-bond donors (Lipinski definition) is 1. The Bertz CT molecular complexity index is 1160. The van der Waals surface area contributed by atoms with Crippen LogP contribution in [0, 0.1) is 17.2 Å². The molecule has 1 saturated carbocycles. The van der Waals surface area contributed by atoms with Crippen molar-refractivity contribution in [2.75, 3.05) is 5.32 Å². The Kier molecular flexibility index (Phi) is 5.95. The number of rotatable bonds is 6. The average molecular weight is 505 g/mol. The first kappa shape index (κ1) is 22.3. The van der Waals surface area contributed by atoms with Gasteiger partial charge < -0.3 is 9.88 Å². The van der Waals surface area contributed by atoms with Crippen LogP contribution >= 0.6 is 15.9 Å². The summed E-state index contributed by atoms with van der Waals surface area (Å²) in [7, 11) is 1.88. The number of pyridine rings is 1. The van der Waals surface area contributed by atoms with E-state index in [0.717, 1.165) is 17.5 Å². The zero-order valence-electron chi connectivity index (χ0n) is 17.2. The van der Waals surface area contributed by atoms with Crippen LogP contribution in [-0.2, 0) is 31.6 Å². The van der Waals surface area contributed by atoms with Gasteiger partial charge in [-0.05, 0) is 52.5 Å². The molecule has 1 aromatic carbocycles. The normalized spacial score (nSPS) is 20.4. The Hall–Kier alpha value is -2.93. The van der Waals surface area contributed by atoms with E-state index in [9.17, 15) is 18.4 Å². The Morgan fingerprint density at radius 2 is 2.09 bits per heavy atom. The number of alkyl halides is 3. The standard InChI is InChI=1S/C22H20BrF3N6/c1-32-13-30-31-20(32)9-21(7-14(8-21)10-27)15-3-2-4-17(5-15)28-12-19-18(22(24,25)26)6-16(23)11-29-19/h2-6,11,13-14,28H,7-9,12H2,1H3/t14-,21-. The van der Waals surface area contributed by atoms with E-state index in [-0.39, 0.29) is 28.0 Å². The van der Waals surface area contributed by atoms with Gasteiger partial charge in [0.1, 0.15) is 12.2 Å². The van der Waals surface area contributed by atoms with Crippen LogP contribution < -0.4 is 5.32 Å². The topological polar surface area (TPSA) is 79.4 Å². The van der Waals surface area contributed by atoms with Crippen LogP contribution in [0.1, 0.15) is 35.5 Å². The fourth-order valence-corrected chi connectivity index (χ4v) is 4.56. The van der Waals surface area contributed by atoms with Gasteiger partial charge in [-0.2, -0.15) is 18.4 Å². The minimum absolute atomic E-state index is 0.0267. The highest BCUT2D eigenvalue weighted by Gasteiger charge is 2.46. The number of hydrogen-bond acceptors (Lipinski definition) is 5. The lowest BCUT2D eigenvalue weighted by atomic mass is 9.57. The van der Waals surface area contributed by atoms with Crippen molar-refractivity contribution in [2.45, 2.75) is 37.4 Å². The third-order valence-electron chi connectivity index (χ3n) is 5.94. The molecule has 0 atom stereocenters. The van der Waals surface area contributed by atoms with Gasteiger partial charge in [0.25, 0.3) is 0 Å². The van der Waals surface area contributed by atoms with Crippen LogP contribution in [0.3, 0.4) is 0 Å². The molecule has 0 amide bonds. The summed E-state index contributed by atoms with van der Waals surface area (Å²) in [5.41, 5.74) is 0.611. The highest BCUT2D eigenvalue weighted by atomic mass is 79.9. The van der Waals surface area contributed by atoms with Crippen molar-refractivity contribution in [1.82, 2.24) is 19.7 Å². The summed E-state index contributed by atoms with van der Waals surface area (Å²) >= 11 is 3.05. The molecule has 2 heterocycles. The minimum Gasteiger partial charge on any atom is -0.379 e. The van der Waals surface area contributed by atoms with Gasteiger partial charge in [-0.3, -0.25) is 4.98 Å². The number of nitriles is 1. The monoisotopic (exact) mass is 504 g/mol.